The smallest absolute Gasteiger partial charge is 0.244 e. The fraction of sp³-hybridized carbons (Fsp3) is 0.429. The molecule has 2 aromatic heterocycles. The van der Waals surface area contributed by atoms with Crippen LogP contribution in [-0.2, 0) is 17.6 Å². The van der Waals surface area contributed by atoms with Crippen LogP contribution in [0.25, 0.3) is 16.2 Å². The second-order valence-electron chi connectivity index (χ2n) is 8.46. The standard InChI is InChI=1S/C28H36N2O2S/c1-4-6-7-13-24-25-15-14-23(32-3)19-27(25)33-26(24)16-17-28(31)30-22(5-2)12-8-10-21-11-9-18-29-20-21/h9,11,14-20,22H,4-8,10,12-13H2,1-3H3,(H,30,31)/b17-16+. The minimum atomic E-state index is -0.0160. The van der Waals surface area contributed by atoms with E-state index >= 15 is 0 Å². The highest BCUT2D eigenvalue weighted by molar-refractivity contribution is 7.20. The third-order valence-electron chi connectivity index (χ3n) is 6.03. The van der Waals surface area contributed by atoms with E-state index in [1.54, 1.807) is 30.7 Å². The largest absolute Gasteiger partial charge is 0.497 e. The summed E-state index contributed by atoms with van der Waals surface area (Å²) in [6.45, 7) is 4.35. The van der Waals surface area contributed by atoms with Crippen molar-refractivity contribution in [3.8, 4) is 5.75 Å². The molecule has 4 nitrogen and oxygen atoms in total. The zero-order chi connectivity index (χ0) is 23.5. The second-order valence-corrected chi connectivity index (χ2v) is 9.55. The van der Waals surface area contributed by atoms with Gasteiger partial charge in [0.25, 0.3) is 0 Å². The van der Waals surface area contributed by atoms with Crippen LogP contribution >= 0.6 is 11.3 Å². The SMILES string of the molecule is CCCCCc1c(/C=C/C(=O)NC(CC)CCCc2cccnc2)sc2cc(OC)ccc12. The quantitative estimate of drug-likeness (QED) is 0.219. The van der Waals surface area contributed by atoms with Crippen molar-refractivity contribution in [1.29, 1.82) is 0 Å². The highest BCUT2D eigenvalue weighted by atomic mass is 32.1. The van der Waals surface area contributed by atoms with Crippen molar-refractivity contribution in [2.24, 2.45) is 0 Å². The van der Waals surface area contributed by atoms with Crippen LogP contribution in [0.4, 0.5) is 0 Å². The molecule has 0 bridgehead atoms. The molecule has 1 atom stereocenters. The van der Waals surface area contributed by atoms with Gasteiger partial charge in [-0.2, -0.15) is 0 Å². The number of amides is 1. The van der Waals surface area contributed by atoms with E-state index in [0.717, 1.165) is 44.3 Å². The number of unbranched alkanes of at least 4 members (excludes halogenated alkanes) is 2. The van der Waals surface area contributed by atoms with E-state index in [0.29, 0.717) is 0 Å². The van der Waals surface area contributed by atoms with Gasteiger partial charge in [-0.15, -0.1) is 11.3 Å². The Bertz CT molecular complexity index is 1040. The maximum Gasteiger partial charge on any atom is 0.244 e. The molecular weight excluding hydrogens is 428 g/mol. The lowest BCUT2D eigenvalue weighted by Crippen LogP contribution is -2.33. The molecular formula is C28H36N2O2S. The van der Waals surface area contributed by atoms with Gasteiger partial charge in [0.1, 0.15) is 5.75 Å². The van der Waals surface area contributed by atoms with Crippen molar-refractivity contribution in [3.05, 3.63) is 64.8 Å². The fourth-order valence-electron chi connectivity index (χ4n) is 4.10. The molecule has 0 saturated carbocycles. The topological polar surface area (TPSA) is 51.2 Å². The lowest BCUT2D eigenvalue weighted by molar-refractivity contribution is -0.117. The first-order chi connectivity index (χ1) is 16.1. The van der Waals surface area contributed by atoms with Crippen LogP contribution < -0.4 is 10.1 Å². The number of ether oxygens (including phenoxy) is 1. The van der Waals surface area contributed by atoms with Crippen molar-refractivity contribution >= 4 is 33.4 Å². The maximum absolute atomic E-state index is 12.7. The number of carbonyl (C=O) groups is 1. The van der Waals surface area contributed by atoms with E-state index in [-0.39, 0.29) is 11.9 Å². The molecule has 3 aromatic rings. The third-order valence-corrected chi connectivity index (χ3v) is 7.19. The van der Waals surface area contributed by atoms with E-state index in [1.807, 2.05) is 24.4 Å². The van der Waals surface area contributed by atoms with E-state index in [2.05, 4.69) is 42.3 Å². The Morgan fingerprint density at radius 1 is 1.18 bits per heavy atom. The van der Waals surface area contributed by atoms with Gasteiger partial charge in [-0.25, -0.2) is 0 Å². The van der Waals surface area contributed by atoms with Crippen molar-refractivity contribution < 1.29 is 9.53 Å². The summed E-state index contributed by atoms with van der Waals surface area (Å²) in [4.78, 5) is 18.0. The molecule has 0 aliphatic carbocycles. The van der Waals surface area contributed by atoms with Crippen LogP contribution in [0.15, 0.2) is 48.8 Å². The molecule has 0 radical (unpaired) electrons. The van der Waals surface area contributed by atoms with Gasteiger partial charge in [-0.05, 0) is 85.4 Å². The Kier molecular flexibility index (Phi) is 9.95. The number of fused-ring (bicyclic) bond motifs is 1. The Morgan fingerprint density at radius 3 is 2.79 bits per heavy atom. The number of carbonyl (C=O) groups excluding carboxylic acids is 1. The molecule has 0 saturated heterocycles. The summed E-state index contributed by atoms with van der Waals surface area (Å²) in [6, 6.07) is 10.5. The minimum absolute atomic E-state index is 0.0160. The van der Waals surface area contributed by atoms with E-state index in [9.17, 15) is 4.79 Å². The number of aryl methyl sites for hydroxylation is 2. The predicted octanol–water partition coefficient (Wildman–Crippen LogP) is 6.97. The van der Waals surface area contributed by atoms with Crippen molar-refractivity contribution in [3.63, 3.8) is 0 Å². The number of hydrogen-bond acceptors (Lipinski definition) is 4. The Balaban J connectivity index is 1.64. The molecule has 5 heteroatoms. The number of aromatic nitrogens is 1. The zero-order valence-corrected chi connectivity index (χ0v) is 20.9. The first kappa shape index (κ1) is 25.0. The molecule has 2 heterocycles. The summed E-state index contributed by atoms with van der Waals surface area (Å²) in [7, 11) is 1.70. The Morgan fingerprint density at radius 2 is 2.06 bits per heavy atom. The van der Waals surface area contributed by atoms with Gasteiger partial charge in [0.15, 0.2) is 0 Å². The highest BCUT2D eigenvalue weighted by Crippen LogP contribution is 2.35. The van der Waals surface area contributed by atoms with Crippen LogP contribution in [0.1, 0.15) is 68.4 Å². The number of hydrogen-bond donors (Lipinski definition) is 1. The maximum atomic E-state index is 12.7. The lowest BCUT2D eigenvalue weighted by Gasteiger charge is -2.15. The number of methoxy groups -OCH3 is 1. The molecule has 1 amide bonds. The number of pyridine rings is 1. The fourth-order valence-corrected chi connectivity index (χ4v) is 5.28. The summed E-state index contributed by atoms with van der Waals surface area (Å²) in [5, 5.41) is 4.47. The van der Waals surface area contributed by atoms with E-state index in [4.69, 9.17) is 4.74 Å². The normalized spacial score (nSPS) is 12.3. The van der Waals surface area contributed by atoms with E-state index < -0.39 is 0 Å². The molecule has 0 aliphatic heterocycles. The molecule has 3 rings (SSSR count). The van der Waals surface area contributed by atoms with Crippen LogP contribution in [0, 0.1) is 0 Å². The van der Waals surface area contributed by atoms with Crippen LogP contribution in [-0.4, -0.2) is 24.0 Å². The van der Waals surface area contributed by atoms with Gasteiger partial charge in [0.05, 0.1) is 7.11 Å². The molecule has 33 heavy (non-hydrogen) atoms. The van der Waals surface area contributed by atoms with Gasteiger partial charge in [-0.3, -0.25) is 9.78 Å². The summed E-state index contributed by atoms with van der Waals surface area (Å²) in [5.74, 6) is 0.854. The zero-order valence-electron chi connectivity index (χ0n) is 20.1. The Labute approximate surface area is 202 Å². The monoisotopic (exact) mass is 464 g/mol. The summed E-state index contributed by atoms with van der Waals surface area (Å²) < 4.78 is 6.62. The molecule has 0 fully saturated rings. The molecule has 1 aromatic carbocycles. The average molecular weight is 465 g/mol. The van der Waals surface area contributed by atoms with Crippen molar-refractivity contribution in [1.82, 2.24) is 10.3 Å². The minimum Gasteiger partial charge on any atom is -0.497 e. The number of thiophene rings is 1. The molecule has 0 aliphatic rings. The number of rotatable bonds is 13. The van der Waals surface area contributed by atoms with Gasteiger partial charge in [0.2, 0.25) is 5.91 Å². The van der Waals surface area contributed by atoms with Gasteiger partial charge in [-0.1, -0.05) is 32.8 Å². The molecule has 1 unspecified atom stereocenters. The first-order valence-electron chi connectivity index (χ1n) is 12.1. The highest BCUT2D eigenvalue weighted by Gasteiger charge is 2.13. The van der Waals surface area contributed by atoms with Crippen LogP contribution in [0.3, 0.4) is 0 Å². The van der Waals surface area contributed by atoms with Gasteiger partial charge in [0, 0.05) is 34.1 Å². The molecule has 0 spiro atoms. The second kappa shape index (κ2) is 13.1. The summed E-state index contributed by atoms with van der Waals surface area (Å²) in [5.41, 5.74) is 2.59. The van der Waals surface area contributed by atoms with Crippen molar-refractivity contribution in [2.75, 3.05) is 7.11 Å². The third kappa shape index (κ3) is 7.43. The number of benzene rings is 1. The molecule has 1 N–H and O–H groups in total. The van der Waals surface area contributed by atoms with Gasteiger partial charge < -0.3 is 10.1 Å². The van der Waals surface area contributed by atoms with Crippen LogP contribution in [0.5, 0.6) is 5.75 Å². The predicted molar refractivity (Wildman–Crippen MR) is 140 cm³/mol. The Hall–Kier alpha value is -2.66. The van der Waals surface area contributed by atoms with Crippen molar-refractivity contribution in [2.45, 2.75) is 71.3 Å². The van der Waals surface area contributed by atoms with Gasteiger partial charge >= 0.3 is 0 Å². The van der Waals surface area contributed by atoms with Crippen LogP contribution in [0.2, 0.25) is 0 Å². The lowest BCUT2D eigenvalue weighted by atomic mass is 10.0. The number of nitrogens with zero attached hydrogens (tertiary/aromatic N) is 1. The molecule has 176 valence electrons. The average Bonchev–Trinajstić information content (AvgIpc) is 3.19. The summed E-state index contributed by atoms with van der Waals surface area (Å²) in [6.07, 6.45) is 15.9. The number of nitrogens with one attached hydrogen (secondary N) is 1. The first-order valence-corrected chi connectivity index (χ1v) is 12.9. The summed E-state index contributed by atoms with van der Waals surface area (Å²) >= 11 is 1.74. The van der Waals surface area contributed by atoms with E-state index in [1.165, 1.54) is 38.9 Å².